The van der Waals surface area contributed by atoms with Crippen LogP contribution in [0, 0.1) is 18.3 Å². The van der Waals surface area contributed by atoms with Crippen LogP contribution < -0.4 is 0 Å². The molecule has 136 valence electrons. The molecule has 5 nitrogen and oxygen atoms in total. The molecule has 3 aliphatic rings. The third-order valence-electron chi connectivity index (χ3n) is 5.84. The summed E-state index contributed by atoms with van der Waals surface area (Å²) in [5.74, 6) is 0.848. The van der Waals surface area contributed by atoms with Gasteiger partial charge in [-0.25, -0.2) is 0 Å². The van der Waals surface area contributed by atoms with Gasteiger partial charge in [0.1, 0.15) is 0 Å². The zero-order valence-corrected chi connectivity index (χ0v) is 15.1. The first-order valence-corrected chi connectivity index (χ1v) is 9.57. The molecule has 2 aliphatic heterocycles. The fourth-order valence-electron chi connectivity index (χ4n) is 4.24. The maximum absolute atomic E-state index is 13.0. The number of amides is 1. The lowest BCUT2D eigenvalue weighted by Gasteiger charge is -2.50. The number of nitrogens with zero attached hydrogens (tertiary/aromatic N) is 2. The lowest BCUT2D eigenvalue weighted by Crippen LogP contribution is -2.58. The van der Waals surface area contributed by atoms with Crippen molar-refractivity contribution in [3.8, 4) is 0 Å². The predicted molar refractivity (Wildman–Crippen MR) is 94.4 cm³/mol. The second-order valence-electron chi connectivity index (χ2n) is 8.05. The molecule has 1 amide bonds. The molecule has 1 aromatic heterocycles. The van der Waals surface area contributed by atoms with E-state index in [0.717, 1.165) is 57.0 Å². The van der Waals surface area contributed by atoms with Gasteiger partial charge in [-0.3, -0.25) is 9.78 Å². The van der Waals surface area contributed by atoms with Crippen LogP contribution in [0.2, 0.25) is 0 Å². The molecule has 1 aliphatic carbocycles. The van der Waals surface area contributed by atoms with Gasteiger partial charge < -0.3 is 14.4 Å². The van der Waals surface area contributed by atoms with Crippen molar-refractivity contribution in [3.63, 3.8) is 0 Å². The molecule has 0 N–H and O–H groups in total. The van der Waals surface area contributed by atoms with Gasteiger partial charge in [-0.15, -0.1) is 0 Å². The van der Waals surface area contributed by atoms with E-state index in [2.05, 4.69) is 4.98 Å². The Morgan fingerprint density at radius 1 is 1.40 bits per heavy atom. The van der Waals surface area contributed by atoms with Gasteiger partial charge in [-0.1, -0.05) is 0 Å². The fraction of sp³-hybridized carbons (Fsp3) is 0.700. The van der Waals surface area contributed by atoms with Crippen molar-refractivity contribution in [3.05, 3.63) is 29.6 Å². The molecule has 2 saturated heterocycles. The molecule has 0 radical (unpaired) electrons. The molecule has 0 bridgehead atoms. The normalized spacial score (nSPS) is 29.3. The predicted octanol–water partition coefficient (Wildman–Crippen LogP) is 2.83. The number of ether oxygens (including phenoxy) is 2. The number of hydrogen-bond donors (Lipinski definition) is 0. The molecular weight excluding hydrogens is 316 g/mol. The van der Waals surface area contributed by atoms with E-state index in [0.29, 0.717) is 12.2 Å². The Morgan fingerprint density at radius 3 is 3.08 bits per heavy atom. The zero-order chi connectivity index (χ0) is 17.3. The van der Waals surface area contributed by atoms with Gasteiger partial charge in [0.2, 0.25) is 0 Å². The topological polar surface area (TPSA) is 51.7 Å². The summed E-state index contributed by atoms with van der Waals surface area (Å²) in [7, 11) is 0. The number of pyridine rings is 1. The average molecular weight is 344 g/mol. The zero-order valence-electron chi connectivity index (χ0n) is 15.1. The van der Waals surface area contributed by atoms with E-state index < -0.39 is 0 Å². The van der Waals surface area contributed by atoms with E-state index in [1.165, 1.54) is 12.8 Å². The van der Waals surface area contributed by atoms with Crippen molar-refractivity contribution in [2.75, 3.05) is 32.9 Å². The number of aromatic nitrogens is 1. The summed E-state index contributed by atoms with van der Waals surface area (Å²) in [5.41, 5.74) is 1.66. The summed E-state index contributed by atoms with van der Waals surface area (Å²) in [6.07, 6.45) is 9.32. The lowest BCUT2D eigenvalue weighted by atomic mass is 9.73. The van der Waals surface area contributed by atoms with E-state index in [1.807, 2.05) is 17.9 Å². The van der Waals surface area contributed by atoms with Gasteiger partial charge in [-0.2, -0.15) is 0 Å². The number of carbonyl (C=O) groups is 1. The van der Waals surface area contributed by atoms with Crippen molar-refractivity contribution in [2.24, 2.45) is 11.3 Å². The van der Waals surface area contributed by atoms with Crippen molar-refractivity contribution < 1.29 is 14.3 Å². The smallest absolute Gasteiger partial charge is 0.255 e. The fourth-order valence-corrected chi connectivity index (χ4v) is 4.24. The number of likely N-dealkylation sites (tertiary alicyclic amines) is 1. The quantitative estimate of drug-likeness (QED) is 0.824. The number of rotatable bonds is 5. The average Bonchev–Trinajstić information content (AvgIpc) is 3.45. The van der Waals surface area contributed by atoms with Gasteiger partial charge in [0.25, 0.3) is 5.91 Å². The lowest BCUT2D eigenvalue weighted by molar-refractivity contribution is -0.147. The van der Waals surface area contributed by atoms with E-state index >= 15 is 0 Å². The number of piperidine rings is 1. The maximum Gasteiger partial charge on any atom is 0.255 e. The van der Waals surface area contributed by atoms with E-state index in [4.69, 9.17) is 9.47 Å². The molecule has 0 spiro atoms. The molecule has 5 heteroatoms. The van der Waals surface area contributed by atoms with Gasteiger partial charge in [0, 0.05) is 44.1 Å². The third-order valence-corrected chi connectivity index (χ3v) is 5.84. The van der Waals surface area contributed by atoms with Gasteiger partial charge >= 0.3 is 0 Å². The van der Waals surface area contributed by atoms with Crippen LogP contribution in [0.4, 0.5) is 0 Å². The summed E-state index contributed by atoms with van der Waals surface area (Å²) in [6, 6.07) is 1.93. The van der Waals surface area contributed by atoms with Crippen LogP contribution in [0.1, 0.15) is 48.0 Å². The Balaban J connectivity index is 1.47. The number of carbonyl (C=O) groups excluding carboxylic acids is 1. The number of fused-ring (bicyclic) bond motifs is 1. The highest BCUT2D eigenvalue weighted by molar-refractivity contribution is 5.94. The molecule has 0 aromatic carbocycles. The van der Waals surface area contributed by atoms with E-state index in [-0.39, 0.29) is 17.4 Å². The van der Waals surface area contributed by atoms with Gasteiger partial charge in [0.05, 0.1) is 18.3 Å². The van der Waals surface area contributed by atoms with Gasteiger partial charge in [0.15, 0.2) is 0 Å². The largest absolute Gasteiger partial charge is 0.380 e. The van der Waals surface area contributed by atoms with Crippen molar-refractivity contribution in [1.82, 2.24) is 9.88 Å². The highest BCUT2D eigenvalue weighted by Crippen LogP contribution is 2.41. The minimum Gasteiger partial charge on any atom is -0.380 e. The molecule has 1 aromatic rings. The molecule has 4 rings (SSSR count). The standard InChI is InChI=1S/C20H28N2O3/c1-15-9-17(11-21-10-15)19(23)22-7-5-18-20(13-22,6-2-8-25-18)14-24-12-16-3-4-16/h9-11,16,18H,2-8,12-14H2,1H3/t18-,20-/m0/s1. The Bertz CT molecular complexity index is 631. The Labute approximate surface area is 149 Å². The van der Waals surface area contributed by atoms with E-state index in [1.54, 1.807) is 12.4 Å². The van der Waals surface area contributed by atoms with Crippen molar-refractivity contribution in [2.45, 2.75) is 45.1 Å². The maximum atomic E-state index is 13.0. The molecule has 3 fully saturated rings. The first kappa shape index (κ1) is 17.0. The summed E-state index contributed by atoms with van der Waals surface area (Å²) < 4.78 is 12.2. The van der Waals surface area contributed by atoms with Gasteiger partial charge in [-0.05, 0) is 56.6 Å². The van der Waals surface area contributed by atoms with Crippen LogP contribution in [0.3, 0.4) is 0 Å². The minimum absolute atomic E-state index is 0.0433. The second kappa shape index (κ2) is 7.04. The van der Waals surface area contributed by atoms with Crippen molar-refractivity contribution >= 4 is 5.91 Å². The molecule has 1 saturated carbocycles. The third kappa shape index (κ3) is 3.72. The first-order chi connectivity index (χ1) is 12.2. The summed E-state index contributed by atoms with van der Waals surface area (Å²) in [4.78, 5) is 19.1. The Hall–Kier alpha value is -1.46. The van der Waals surface area contributed by atoms with Crippen molar-refractivity contribution in [1.29, 1.82) is 0 Å². The monoisotopic (exact) mass is 344 g/mol. The molecular formula is C20H28N2O3. The summed E-state index contributed by atoms with van der Waals surface area (Å²) >= 11 is 0. The van der Waals surface area contributed by atoms with Crippen LogP contribution in [-0.2, 0) is 9.47 Å². The summed E-state index contributed by atoms with van der Waals surface area (Å²) in [6.45, 7) is 5.87. The Morgan fingerprint density at radius 2 is 2.28 bits per heavy atom. The Kier molecular flexibility index (Phi) is 4.78. The molecule has 0 unspecified atom stereocenters. The molecule has 25 heavy (non-hydrogen) atoms. The first-order valence-electron chi connectivity index (χ1n) is 9.57. The minimum atomic E-state index is -0.0433. The van der Waals surface area contributed by atoms with Crippen LogP contribution in [0.25, 0.3) is 0 Å². The second-order valence-corrected chi connectivity index (χ2v) is 8.05. The van der Waals surface area contributed by atoms with Crippen LogP contribution >= 0.6 is 0 Å². The number of hydrogen-bond acceptors (Lipinski definition) is 4. The summed E-state index contributed by atoms with van der Waals surface area (Å²) in [5, 5.41) is 0. The molecule has 3 heterocycles. The SMILES string of the molecule is Cc1cncc(C(=O)N2CC[C@@H]3OCCC[C@@]3(COCC3CC3)C2)c1. The van der Waals surface area contributed by atoms with E-state index in [9.17, 15) is 4.79 Å². The van der Waals surface area contributed by atoms with Crippen LogP contribution in [-0.4, -0.2) is 54.8 Å². The highest BCUT2D eigenvalue weighted by atomic mass is 16.5. The molecule has 2 atom stereocenters. The van der Waals surface area contributed by atoms with Crippen LogP contribution in [0.15, 0.2) is 18.5 Å². The number of aryl methyl sites for hydroxylation is 1. The highest BCUT2D eigenvalue weighted by Gasteiger charge is 2.47. The van der Waals surface area contributed by atoms with Crippen LogP contribution in [0.5, 0.6) is 0 Å².